The van der Waals surface area contributed by atoms with Crippen molar-refractivity contribution in [1.29, 1.82) is 0 Å². The van der Waals surface area contributed by atoms with Crippen LogP contribution >= 0.6 is 23.1 Å². The van der Waals surface area contributed by atoms with Gasteiger partial charge in [-0.15, -0.1) is 11.3 Å². The summed E-state index contributed by atoms with van der Waals surface area (Å²) < 4.78 is 2.25. The van der Waals surface area contributed by atoms with Crippen LogP contribution in [0.3, 0.4) is 0 Å². The summed E-state index contributed by atoms with van der Waals surface area (Å²) in [7, 11) is 0. The summed E-state index contributed by atoms with van der Waals surface area (Å²) in [6.45, 7) is 2.89. The summed E-state index contributed by atoms with van der Waals surface area (Å²) in [5, 5.41) is 3.18. The molecule has 0 spiro atoms. The van der Waals surface area contributed by atoms with Crippen LogP contribution in [0.4, 0.5) is 0 Å². The minimum atomic E-state index is -0.275. The summed E-state index contributed by atoms with van der Waals surface area (Å²) in [4.78, 5) is 15.9. The maximum atomic E-state index is 11.3. The molecular formula is C14H19N3OS2. The molecule has 0 aliphatic heterocycles. The standard InChI is InChI=1S/C14H19N3OS2/c1-2-8-16-11(13(15)18)7-9-19-14-17-10-5-3-4-6-12(10)20-14/h3-6,11,16H,2,7-9H2,1H3,(H2,15,18). The number of thioether (sulfide) groups is 1. The van der Waals surface area contributed by atoms with E-state index in [1.165, 1.54) is 4.70 Å². The first kappa shape index (κ1) is 15.3. The first-order valence-corrected chi connectivity index (χ1v) is 8.52. The summed E-state index contributed by atoms with van der Waals surface area (Å²) in [6.07, 6.45) is 1.73. The Morgan fingerprint density at radius 2 is 2.30 bits per heavy atom. The molecule has 0 bridgehead atoms. The maximum Gasteiger partial charge on any atom is 0.234 e. The van der Waals surface area contributed by atoms with Gasteiger partial charge in [-0.3, -0.25) is 4.79 Å². The highest BCUT2D eigenvalue weighted by atomic mass is 32.2. The van der Waals surface area contributed by atoms with Crippen molar-refractivity contribution in [2.24, 2.45) is 5.73 Å². The van der Waals surface area contributed by atoms with Gasteiger partial charge in [-0.1, -0.05) is 30.8 Å². The van der Waals surface area contributed by atoms with Gasteiger partial charge in [0.1, 0.15) is 0 Å². The predicted molar refractivity (Wildman–Crippen MR) is 86.2 cm³/mol. The quantitative estimate of drug-likeness (QED) is 0.736. The molecule has 1 heterocycles. The van der Waals surface area contributed by atoms with Crippen molar-refractivity contribution < 1.29 is 4.79 Å². The number of para-hydroxylation sites is 1. The van der Waals surface area contributed by atoms with E-state index in [1.54, 1.807) is 23.1 Å². The van der Waals surface area contributed by atoms with Crippen LogP contribution in [0.2, 0.25) is 0 Å². The molecule has 1 aromatic heterocycles. The summed E-state index contributed by atoms with van der Waals surface area (Å²) in [6, 6.07) is 7.87. The van der Waals surface area contributed by atoms with Crippen molar-refractivity contribution in [3.63, 3.8) is 0 Å². The molecular weight excluding hydrogens is 290 g/mol. The van der Waals surface area contributed by atoms with Crippen molar-refractivity contribution in [2.45, 2.75) is 30.1 Å². The Bertz CT molecular complexity index is 537. The smallest absolute Gasteiger partial charge is 0.234 e. The molecule has 1 amide bonds. The number of amides is 1. The molecule has 1 aromatic carbocycles. The number of nitrogens with zero attached hydrogens (tertiary/aromatic N) is 1. The van der Waals surface area contributed by atoms with Crippen molar-refractivity contribution in [1.82, 2.24) is 10.3 Å². The summed E-state index contributed by atoms with van der Waals surface area (Å²) >= 11 is 3.38. The van der Waals surface area contributed by atoms with Crippen LogP contribution in [-0.4, -0.2) is 29.2 Å². The lowest BCUT2D eigenvalue weighted by Crippen LogP contribution is -2.41. The van der Waals surface area contributed by atoms with Crippen molar-refractivity contribution in [2.75, 3.05) is 12.3 Å². The third kappa shape index (κ3) is 4.19. The highest BCUT2D eigenvalue weighted by Gasteiger charge is 2.14. The average Bonchev–Trinajstić information content (AvgIpc) is 2.84. The Morgan fingerprint density at radius 1 is 1.50 bits per heavy atom. The Hall–Kier alpha value is -1.11. The molecule has 108 valence electrons. The second kappa shape index (κ2) is 7.61. The summed E-state index contributed by atoms with van der Waals surface area (Å²) in [5.41, 5.74) is 6.43. The Kier molecular flexibility index (Phi) is 5.82. The van der Waals surface area contributed by atoms with Gasteiger partial charge in [0, 0.05) is 5.75 Å². The van der Waals surface area contributed by atoms with Crippen LogP contribution in [0.5, 0.6) is 0 Å². The lowest BCUT2D eigenvalue weighted by atomic mass is 10.2. The lowest BCUT2D eigenvalue weighted by molar-refractivity contribution is -0.120. The van der Waals surface area contributed by atoms with Crippen molar-refractivity contribution >= 4 is 39.2 Å². The molecule has 0 radical (unpaired) electrons. The topological polar surface area (TPSA) is 68.0 Å². The Labute approximate surface area is 127 Å². The molecule has 0 aliphatic carbocycles. The number of fused-ring (bicyclic) bond motifs is 1. The minimum Gasteiger partial charge on any atom is -0.368 e. The fourth-order valence-corrected chi connectivity index (χ4v) is 3.98. The van der Waals surface area contributed by atoms with Crippen molar-refractivity contribution in [3.8, 4) is 0 Å². The number of carbonyl (C=O) groups is 1. The van der Waals surface area contributed by atoms with E-state index in [0.29, 0.717) is 0 Å². The van der Waals surface area contributed by atoms with Gasteiger partial charge in [0.05, 0.1) is 16.3 Å². The largest absolute Gasteiger partial charge is 0.368 e. The van der Waals surface area contributed by atoms with Gasteiger partial charge in [-0.2, -0.15) is 0 Å². The van der Waals surface area contributed by atoms with E-state index in [2.05, 4.69) is 23.3 Å². The van der Waals surface area contributed by atoms with E-state index in [-0.39, 0.29) is 11.9 Å². The molecule has 0 fully saturated rings. The van der Waals surface area contributed by atoms with Crippen LogP contribution in [0.1, 0.15) is 19.8 Å². The normalized spacial score (nSPS) is 12.7. The van der Waals surface area contributed by atoms with Crippen LogP contribution in [0, 0.1) is 0 Å². The fourth-order valence-electron chi connectivity index (χ4n) is 1.84. The number of aromatic nitrogens is 1. The van der Waals surface area contributed by atoms with E-state index in [1.807, 2.05) is 18.2 Å². The van der Waals surface area contributed by atoms with E-state index >= 15 is 0 Å². The third-order valence-electron chi connectivity index (χ3n) is 2.89. The van der Waals surface area contributed by atoms with Gasteiger partial charge < -0.3 is 11.1 Å². The van der Waals surface area contributed by atoms with Gasteiger partial charge in [0.2, 0.25) is 5.91 Å². The number of nitrogens with two attached hydrogens (primary N) is 1. The zero-order valence-electron chi connectivity index (χ0n) is 11.5. The molecule has 6 heteroatoms. The molecule has 20 heavy (non-hydrogen) atoms. The van der Waals surface area contributed by atoms with Gasteiger partial charge in [0.25, 0.3) is 0 Å². The minimum absolute atomic E-state index is 0.239. The maximum absolute atomic E-state index is 11.3. The van der Waals surface area contributed by atoms with Crippen LogP contribution in [0.15, 0.2) is 28.6 Å². The molecule has 2 aromatic rings. The SMILES string of the molecule is CCCNC(CCSc1nc2ccccc2s1)C(N)=O. The number of rotatable bonds is 8. The zero-order chi connectivity index (χ0) is 14.4. The Balaban J connectivity index is 1.86. The van der Waals surface area contributed by atoms with Gasteiger partial charge in [0.15, 0.2) is 4.34 Å². The van der Waals surface area contributed by atoms with Gasteiger partial charge >= 0.3 is 0 Å². The van der Waals surface area contributed by atoms with E-state index in [4.69, 9.17) is 5.73 Å². The molecule has 0 saturated carbocycles. The van der Waals surface area contributed by atoms with E-state index in [0.717, 1.165) is 35.0 Å². The predicted octanol–water partition coefficient (Wildman–Crippen LogP) is 2.63. The highest BCUT2D eigenvalue weighted by molar-refractivity contribution is 8.01. The van der Waals surface area contributed by atoms with Crippen LogP contribution < -0.4 is 11.1 Å². The van der Waals surface area contributed by atoms with Gasteiger partial charge in [-0.05, 0) is 31.5 Å². The Morgan fingerprint density at radius 3 is 3.00 bits per heavy atom. The van der Waals surface area contributed by atoms with Crippen molar-refractivity contribution in [3.05, 3.63) is 24.3 Å². The second-order valence-corrected chi connectivity index (χ2v) is 6.87. The first-order valence-electron chi connectivity index (χ1n) is 6.71. The zero-order valence-corrected chi connectivity index (χ0v) is 13.1. The van der Waals surface area contributed by atoms with Crippen LogP contribution in [-0.2, 0) is 4.79 Å². The first-order chi connectivity index (χ1) is 9.70. The molecule has 0 aliphatic rings. The number of primary amides is 1. The highest BCUT2D eigenvalue weighted by Crippen LogP contribution is 2.29. The molecule has 1 unspecified atom stereocenters. The second-order valence-electron chi connectivity index (χ2n) is 4.49. The van der Waals surface area contributed by atoms with Crippen LogP contribution in [0.25, 0.3) is 10.2 Å². The number of benzene rings is 1. The fraction of sp³-hybridized carbons (Fsp3) is 0.429. The number of thiazole rings is 1. The summed E-state index contributed by atoms with van der Waals surface area (Å²) in [5.74, 6) is 0.563. The molecule has 4 nitrogen and oxygen atoms in total. The average molecular weight is 309 g/mol. The molecule has 0 saturated heterocycles. The number of carbonyl (C=O) groups excluding carboxylic acids is 1. The van der Waals surface area contributed by atoms with E-state index < -0.39 is 0 Å². The molecule has 1 atom stereocenters. The monoisotopic (exact) mass is 309 g/mol. The number of nitrogens with one attached hydrogen (secondary N) is 1. The number of hydrogen-bond donors (Lipinski definition) is 2. The number of hydrogen-bond acceptors (Lipinski definition) is 5. The van der Waals surface area contributed by atoms with E-state index in [9.17, 15) is 4.79 Å². The van der Waals surface area contributed by atoms with Gasteiger partial charge in [-0.25, -0.2) is 4.98 Å². The third-order valence-corrected chi connectivity index (χ3v) is 5.10. The molecule has 2 rings (SSSR count). The lowest BCUT2D eigenvalue weighted by Gasteiger charge is -2.13. The molecule has 3 N–H and O–H groups in total.